The number of nitrogens with one attached hydrogen (secondary N) is 1. The van der Waals surface area contributed by atoms with Gasteiger partial charge in [-0.2, -0.15) is 8.42 Å². The second-order valence-electron chi connectivity index (χ2n) is 6.09. The Hall–Kier alpha value is -3.12. The number of carbonyl (C=O) groups excluding carboxylic acids is 1. The first-order valence-corrected chi connectivity index (χ1v) is 9.78. The molecule has 0 bridgehead atoms. The van der Waals surface area contributed by atoms with Gasteiger partial charge in [0.15, 0.2) is 0 Å². The molecule has 0 heterocycles. The summed E-state index contributed by atoms with van der Waals surface area (Å²) in [7, 11) is -3.89. The van der Waals surface area contributed by atoms with Gasteiger partial charge in [0.1, 0.15) is 10.6 Å². The second kappa shape index (κ2) is 8.05. The van der Waals surface area contributed by atoms with Crippen LogP contribution in [0.1, 0.15) is 11.1 Å². The molecule has 0 aliphatic carbocycles. The molecule has 0 aliphatic rings. The molecule has 5 nitrogen and oxygen atoms in total. The fraction of sp³-hybridized carbons (Fsp3) is 0.0952. The molecule has 6 heteroatoms. The zero-order chi connectivity index (χ0) is 19.3. The Bertz CT molecular complexity index is 1010. The van der Waals surface area contributed by atoms with E-state index in [9.17, 15) is 13.2 Å². The summed E-state index contributed by atoms with van der Waals surface area (Å²) in [5.41, 5.74) is 2.44. The van der Waals surface area contributed by atoms with Crippen LogP contribution >= 0.6 is 0 Å². The number of anilines is 1. The zero-order valence-electron chi connectivity index (χ0n) is 14.8. The lowest BCUT2D eigenvalue weighted by Crippen LogP contribution is -2.14. The van der Waals surface area contributed by atoms with Gasteiger partial charge in [-0.3, -0.25) is 4.79 Å². The molecule has 0 unspecified atom stereocenters. The summed E-state index contributed by atoms with van der Waals surface area (Å²) in [6.45, 7) is 1.88. The van der Waals surface area contributed by atoms with Crippen molar-refractivity contribution in [1.82, 2.24) is 0 Å². The van der Waals surface area contributed by atoms with Crippen LogP contribution in [0.15, 0.2) is 83.8 Å². The van der Waals surface area contributed by atoms with Gasteiger partial charge in [0.05, 0.1) is 6.42 Å². The lowest BCUT2D eigenvalue weighted by atomic mass is 10.1. The summed E-state index contributed by atoms with van der Waals surface area (Å²) in [4.78, 5) is 12.2. The van der Waals surface area contributed by atoms with Gasteiger partial charge in [-0.15, -0.1) is 0 Å². The number of hydrogen-bond donors (Lipinski definition) is 1. The lowest BCUT2D eigenvalue weighted by molar-refractivity contribution is -0.115. The Morgan fingerprint density at radius 1 is 0.889 bits per heavy atom. The van der Waals surface area contributed by atoms with E-state index in [4.69, 9.17) is 4.18 Å². The van der Waals surface area contributed by atoms with Crippen molar-refractivity contribution in [2.75, 3.05) is 5.32 Å². The molecule has 1 N–H and O–H groups in total. The van der Waals surface area contributed by atoms with Gasteiger partial charge in [-0.25, -0.2) is 0 Å². The molecular formula is C21H19NO4S. The highest BCUT2D eigenvalue weighted by Crippen LogP contribution is 2.21. The topological polar surface area (TPSA) is 72.5 Å². The van der Waals surface area contributed by atoms with Crippen molar-refractivity contribution in [2.24, 2.45) is 0 Å². The molecule has 0 saturated heterocycles. The highest BCUT2D eigenvalue weighted by molar-refractivity contribution is 7.87. The van der Waals surface area contributed by atoms with Gasteiger partial charge in [0, 0.05) is 5.69 Å². The maximum Gasteiger partial charge on any atom is 0.339 e. The monoisotopic (exact) mass is 381 g/mol. The van der Waals surface area contributed by atoms with Gasteiger partial charge in [-0.05, 0) is 48.9 Å². The van der Waals surface area contributed by atoms with E-state index < -0.39 is 10.1 Å². The van der Waals surface area contributed by atoms with Crippen LogP contribution in [0.5, 0.6) is 5.75 Å². The van der Waals surface area contributed by atoms with Crippen LogP contribution in [0, 0.1) is 6.92 Å². The van der Waals surface area contributed by atoms with Crippen molar-refractivity contribution in [3.63, 3.8) is 0 Å². The first-order chi connectivity index (χ1) is 12.9. The predicted molar refractivity (Wildman–Crippen MR) is 104 cm³/mol. The Morgan fingerprint density at radius 2 is 1.52 bits per heavy atom. The van der Waals surface area contributed by atoms with E-state index in [1.54, 1.807) is 24.3 Å². The van der Waals surface area contributed by atoms with Crippen LogP contribution in [0.4, 0.5) is 5.69 Å². The number of amides is 1. The molecule has 0 aromatic heterocycles. The minimum Gasteiger partial charge on any atom is -0.379 e. The van der Waals surface area contributed by atoms with E-state index in [-0.39, 0.29) is 23.0 Å². The summed E-state index contributed by atoms with van der Waals surface area (Å²) >= 11 is 0. The van der Waals surface area contributed by atoms with E-state index >= 15 is 0 Å². The standard InChI is InChI=1S/C21H19NO4S/c1-16-7-13-20(14-8-16)27(24,25)26-19-11-9-18(10-12-19)22-21(23)15-17-5-3-2-4-6-17/h2-14H,15H2,1H3,(H,22,23). The van der Waals surface area contributed by atoms with Gasteiger partial charge in [0.25, 0.3) is 0 Å². The molecule has 0 saturated carbocycles. The van der Waals surface area contributed by atoms with Crippen molar-refractivity contribution in [1.29, 1.82) is 0 Å². The van der Waals surface area contributed by atoms with Crippen LogP contribution < -0.4 is 9.50 Å². The molecule has 0 fully saturated rings. The number of aryl methyl sites for hydroxylation is 1. The third-order valence-corrected chi connectivity index (χ3v) is 5.12. The Balaban J connectivity index is 1.63. The molecule has 0 spiro atoms. The smallest absolute Gasteiger partial charge is 0.339 e. The van der Waals surface area contributed by atoms with Gasteiger partial charge in [0.2, 0.25) is 5.91 Å². The molecular weight excluding hydrogens is 362 g/mol. The summed E-state index contributed by atoms with van der Waals surface area (Å²) in [6.07, 6.45) is 0.265. The van der Waals surface area contributed by atoms with E-state index in [1.807, 2.05) is 37.3 Å². The van der Waals surface area contributed by atoms with Gasteiger partial charge >= 0.3 is 10.1 Å². The van der Waals surface area contributed by atoms with Crippen molar-refractivity contribution in [3.05, 3.63) is 90.0 Å². The zero-order valence-corrected chi connectivity index (χ0v) is 15.6. The summed E-state index contributed by atoms with van der Waals surface area (Å²) < 4.78 is 29.7. The highest BCUT2D eigenvalue weighted by atomic mass is 32.2. The number of carbonyl (C=O) groups is 1. The van der Waals surface area contributed by atoms with Crippen LogP contribution in [0.3, 0.4) is 0 Å². The van der Waals surface area contributed by atoms with Crippen molar-refractivity contribution in [3.8, 4) is 5.75 Å². The fourth-order valence-corrected chi connectivity index (χ4v) is 3.39. The maximum atomic E-state index is 12.3. The largest absolute Gasteiger partial charge is 0.379 e. The average Bonchev–Trinajstić information content (AvgIpc) is 2.64. The Labute approximate surface area is 158 Å². The van der Waals surface area contributed by atoms with Crippen molar-refractivity contribution < 1.29 is 17.4 Å². The average molecular weight is 381 g/mol. The molecule has 3 aromatic rings. The molecule has 27 heavy (non-hydrogen) atoms. The van der Waals surface area contributed by atoms with E-state index in [0.717, 1.165) is 11.1 Å². The number of benzene rings is 3. The maximum absolute atomic E-state index is 12.3. The van der Waals surface area contributed by atoms with E-state index in [1.165, 1.54) is 24.3 Å². The summed E-state index contributed by atoms with van der Waals surface area (Å²) in [5.74, 6) is 0.0266. The van der Waals surface area contributed by atoms with E-state index in [2.05, 4.69) is 5.32 Å². The molecule has 1 amide bonds. The molecule has 0 radical (unpaired) electrons. The molecule has 3 rings (SSSR count). The van der Waals surface area contributed by atoms with Gasteiger partial charge < -0.3 is 9.50 Å². The highest BCUT2D eigenvalue weighted by Gasteiger charge is 2.16. The molecule has 138 valence electrons. The Kier molecular flexibility index (Phi) is 5.57. The fourth-order valence-electron chi connectivity index (χ4n) is 2.46. The normalized spacial score (nSPS) is 11.0. The predicted octanol–water partition coefficient (Wildman–Crippen LogP) is 3.94. The number of rotatable bonds is 6. The van der Waals surface area contributed by atoms with Crippen LogP contribution in [0.2, 0.25) is 0 Å². The minimum atomic E-state index is -3.89. The first-order valence-electron chi connectivity index (χ1n) is 8.37. The van der Waals surface area contributed by atoms with Gasteiger partial charge in [-0.1, -0.05) is 48.0 Å². The first kappa shape index (κ1) is 18.7. The Morgan fingerprint density at radius 3 is 2.15 bits per heavy atom. The SMILES string of the molecule is Cc1ccc(S(=O)(=O)Oc2ccc(NC(=O)Cc3ccccc3)cc2)cc1. The summed E-state index contributed by atoms with van der Waals surface area (Å²) in [5, 5.41) is 2.77. The lowest BCUT2D eigenvalue weighted by Gasteiger charge is -2.09. The minimum absolute atomic E-state index is 0.0911. The van der Waals surface area contributed by atoms with Crippen molar-refractivity contribution in [2.45, 2.75) is 18.2 Å². The van der Waals surface area contributed by atoms with Crippen LogP contribution in [-0.2, 0) is 21.3 Å². The van der Waals surface area contributed by atoms with Crippen molar-refractivity contribution >= 4 is 21.7 Å². The molecule has 0 aliphatic heterocycles. The quantitative estimate of drug-likeness (QED) is 0.657. The molecule has 0 atom stereocenters. The van der Waals surface area contributed by atoms with Crippen LogP contribution in [-0.4, -0.2) is 14.3 Å². The molecule has 3 aromatic carbocycles. The second-order valence-corrected chi connectivity index (χ2v) is 7.63. The van der Waals surface area contributed by atoms with Crippen LogP contribution in [0.25, 0.3) is 0 Å². The third-order valence-electron chi connectivity index (χ3n) is 3.86. The third kappa shape index (κ3) is 5.18. The number of hydrogen-bond acceptors (Lipinski definition) is 4. The summed E-state index contributed by atoms with van der Waals surface area (Å²) in [6, 6.07) is 22.0. The van der Waals surface area contributed by atoms with E-state index in [0.29, 0.717) is 5.69 Å².